The van der Waals surface area contributed by atoms with Gasteiger partial charge < -0.3 is 0 Å². The second kappa shape index (κ2) is 7.52. The van der Waals surface area contributed by atoms with Gasteiger partial charge in [-0.3, -0.25) is 0 Å². The van der Waals surface area contributed by atoms with Crippen LogP contribution in [-0.4, -0.2) is 0 Å². The van der Waals surface area contributed by atoms with Crippen LogP contribution in [0.4, 0.5) is 70.2 Å². The average Bonchev–Trinajstić information content (AvgIpc) is 2.83. The molecule has 0 atom stereocenters. The average molecular weight is 544 g/mol. The van der Waals surface area contributed by atoms with Gasteiger partial charge in [-0.05, 0) is 0 Å². The zero-order valence-electron chi connectivity index (χ0n) is 16.0. The molecule has 0 heterocycles. The molecule has 192 valence electrons. The number of hydrogen-bond acceptors (Lipinski definition) is 0. The van der Waals surface area contributed by atoms with E-state index in [0.29, 0.717) is 0 Å². The van der Waals surface area contributed by atoms with Gasteiger partial charge in [-0.1, -0.05) is 0 Å². The van der Waals surface area contributed by atoms with Crippen molar-refractivity contribution in [3.8, 4) is 0 Å². The van der Waals surface area contributed by atoms with Crippen LogP contribution in [0.15, 0.2) is 0 Å². The van der Waals surface area contributed by atoms with Crippen molar-refractivity contribution in [3.05, 3.63) is 104 Å². The van der Waals surface area contributed by atoms with Gasteiger partial charge in [-0.15, -0.1) is 0 Å². The smallest absolute Gasteiger partial charge is 0.203 e. The third kappa shape index (κ3) is 2.58. The van der Waals surface area contributed by atoms with Crippen LogP contribution < -0.4 is 0 Å². The van der Waals surface area contributed by atoms with Crippen LogP contribution in [0.2, 0.25) is 0 Å². The van der Waals surface area contributed by atoms with Gasteiger partial charge in [-0.25, -0.2) is 61.5 Å². The van der Waals surface area contributed by atoms with Crippen molar-refractivity contribution in [1.82, 2.24) is 0 Å². The van der Waals surface area contributed by atoms with Gasteiger partial charge >= 0.3 is 0 Å². The summed E-state index contributed by atoms with van der Waals surface area (Å²) in [6.07, 6.45) is 0. The summed E-state index contributed by atoms with van der Waals surface area (Å²) in [5, 5.41) is 0. The van der Waals surface area contributed by atoms with Gasteiger partial charge in [-0.2, -0.15) is 8.78 Å². The highest BCUT2D eigenvalue weighted by Crippen LogP contribution is 2.68. The van der Waals surface area contributed by atoms with E-state index < -0.39 is 115 Å². The lowest BCUT2D eigenvalue weighted by Crippen LogP contribution is -2.59. The highest BCUT2D eigenvalue weighted by atomic mass is 19.3. The molecular weight excluding hydrogens is 544 g/mol. The summed E-state index contributed by atoms with van der Waals surface area (Å²) in [5.41, 5.74) is -17.1. The van der Waals surface area contributed by atoms with Gasteiger partial charge in [0.2, 0.25) is 11.6 Å². The number of fused-ring (bicyclic) bond motifs is 1. The van der Waals surface area contributed by atoms with E-state index in [2.05, 4.69) is 0 Å². The van der Waals surface area contributed by atoms with Crippen molar-refractivity contribution >= 4 is 0 Å². The van der Waals surface area contributed by atoms with Gasteiger partial charge in [0.1, 0.15) is 5.41 Å². The first kappa shape index (κ1) is 25.6. The lowest BCUT2D eigenvalue weighted by Gasteiger charge is -2.51. The summed E-state index contributed by atoms with van der Waals surface area (Å²) < 4.78 is 228. The lowest BCUT2D eigenvalue weighted by molar-refractivity contribution is -0.0967. The van der Waals surface area contributed by atoms with Crippen molar-refractivity contribution < 1.29 is 70.2 Å². The maximum absolute atomic E-state index is 15.4. The number of alkyl halides is 2. The highest BCUT2D eigenvalue weighted by Gasteiger charge is 2.75. The van der Waals surface area contributed by atoms with Gasteiger partial charge in [0, 0.05) is 5.56 Å². The largest absolute Gasteiger partial charge is 0.294 e. The van der Waals surface area contributed by atoms with Crippen molar-refractivity contribution in [2.45, 2.75) is 11.3 Å². The fourth-order valence-corrected chi connectivity index (χ4v) is 4.12. The molecule has 0 spiro atoms. The monoisotopic (exact) mass is 544 g/mol. The van der Waals surface area contributed by atoms with Crippen LogP contribution in [0, 0.1) is 81.4 Å². The van der Waals surface area contributed by atoms with Crippen molar-refractivity contribution in [3.63, 3.8) is 0 Å². The predicted molar refractivity (Wildman–Crippen MR) is 82.5 cm³/mol. The van der Waals surface area contributed by atoms with Crippen molar-refractivity contribution in [1.29, 1.82) is 0 Å². The number of halogens is 16. The first-order chi connectivity index (χ1) is 16.5. The van der Waals surface area contributed by atoms with Crippen LogP contribution in [-0.2, 0) is 11.3 Å². The Morgan fingerprint density at radius 3 is 0.722 bits per heavy atom. The molecule has 0 amide bonds. The fourth-order valence-electron chi connectivity index (χ4n) is 4.12. The molecule has 3 aromatic carbocycles. The van der Waals surface area contributed by atoms with Crippen LogP contribution in [0.25, 0.3) is 0 Å². The first-order valence-electron chi connectivity index (χ1n) is 8.77. The Balaban J connectivity index is 2.43. The van der Waals surface area contributed by atoms with E-state index in [4.69, 9.17) is 0 Å². The summed E-state index contributed by atoms with van der Waals surface area (Å²) in [6.45, 7) is 0. The Labute approximate surface area is 186 Å². The molecule has 0 bridgehead atoms. The van der Waals surface area contributed by atoms with E-state index in [1.165, 1.54) is 0 Å². The third-order valence-electron chi connectivity index (χ3n) is 5.60. The van der Waals surface area contributed by atoms with Crippen molar-refractivity contribution in [2.24, 2.45) is 0 Å². The standard InChI is InChI=1S/C20F16/c21-5-1-2(6(22)12(28)11(5)27)20(35,36)19(1,3-7(23)13(29)17(33)14(30)8(3)24)4-9(25)15(31)18(34)16(32)10(4)26. The summed E-state index contributed by atoms with van der Waals surface area (Å²) in [7, 11) is 0. The van der Waals surface area contributed by atoms with Crippen LogP contribution in [0.5, 0.6) is 0 Å². The Morgan fingerprint density at radius 2 is 0.444 bits per heavy atom. The minimum Gasteiger partial charge on any atom is -0.203 e. The van der Waals surface area contributed by atoms with E-state index in [0.717, 1.165) is 0 Å². The normalized spacial score (nSPS) is 15.7. The zero-order chi connectivity index (χ0) is 27.4. The Bertz CT molecular complexity index is 1380. The molecule has 0 fully saturated rings. The molecule has 1 aliphatic carbocycles. The summed E-state index contributed by atoms with van der Waals surface area (Å²) >= 11 is 0. The minimum atomic E-state index is -5.93. The van der Waals surface area contributed by atoms with Gasteiger partial charge in [0.15, 0.2) is 69.8 Å². The molecule has 0 aromatic heterocycles. The van der Waals surface area contributed by atoms with Crippen LogP contribution >= 0.6 is 0 Å². The molecule has 0 aliphatic heterocycles. The fraction of sp³-hybridized carbons (Fsp3) is 0.100. The van der Waals surface area contributed by atoms with Crippen LogP contribution in [0.1, 0.15) is 22.3 Å². The molecule has 0 unspecified atom stereocenters. The summed E-state index contributed by atoms with van der Waals surface area (Å²) in [6, 6.07) is 0. The molecule has 0 saturated heterocycles. The molecule has 16 heteroatoms. The Kier molecular flexibility index (Phi) is 5.35. The second-order valence-electron chi connectivity index (χ2n) is 7.22. The van der Waals surface area contributed by atoms with Crippen LogP contribution in [0.3, 0.4) is 0 Å². The number of hydrogen-bond donors (Lipinski definition) is 0. The SMILES string of the molecule is Fc1c(F)c(F)c(C2(c3c(F)c(F)c(F)c(F)c3F)c3c(F)c(F)c(F)c(F)c3C2(F)F)c(F)c1F. The molecule has 0 nitrogen and oxygen atoms in total. The number of benzene rings is 3. The molecule has 0 N–H and O–H groups in total. The molecule has 1 aliphatic rings. The maximum atomic E-state index is 15.4. The summed E-state index contributed by atoms with van der Waals surface area (Å²) in [4.78, 5) is 0. The molecule has 0 saturated carbocycles. The first-order valence-corrected chi connectivity index (χ1v) is 8.77. The lowest BCUT2D eigenvalue weighted by atomic mass is 9.53. The van der Waals surface area contributed by atoms with E-state index in [-0.39, 0.29) is 0 Å². The Morgan fingerprint density at radius 1 is 0.250 bits per heavy atom. The van der Waals surface area contributed by atoms with E-state index in [1.807, 2.05) is 0 Å². The molecule has 4 rings (SSSR count). The highest BCUT2D eigenvalue weighted by molar-refractivity contribution is 5.68. The van der Waals surface area contributed by atoms with Gasteiger partial charge in [0.05, 0.1) is 16.7 Å². The predicted octanol–water partition coefficient (Wildman–Crippen LogP) is 7.07. The number of rotatable bonds is 2. The third-order valence-corrected chi connectivity index (χ3v) is 5.60. The quantitative estimate of drug-likeness (QED) is 0.184. The van der Waals surface area contributed by atoms with Gasteiger partial charge in [0.25, 0.3) is 5.92 Å². The topological polar surface area (TPSA) is 0 Å². The van der Waals surface area contributed by atoms with E-state index >= 15 is 8.78 Å². The molecular formula is C20F16. The minimum absolute atomic E-state index is 2.70. The molecule has 3 aromatic rings. The second-order valence-corrected chi connectivity index (χ2v) is 7.22. The van der Waals surface area contributed by atoms with E-state index in [1.54, 1.807) is 0 Å². The maximum Gasteiger partial charge on any atom is 0.294 e. The molecule has 36 heavy (non-hydrogen) atoms. The molecule has 0 radical (unpaired) electrons. The summed E-state index contributed by atoms with van der Waals surface area (Å²) in [5.74, 6) is -50.7. The van der Waals surface area contributed by atoms with E-state index in [9.17, 15) is 61.5 Å². The van der Waals surface area contributed by atoms with Crippen molar-refractivity contribution in [2.75, 3.05) is 0 Å². The Hall–Kier alpha value is -3.46. The zero-order valence-corrected chi connectivity index (χ0v) is 16.0.